The number of benzene rings is 1. The maximum absolute atomic E-state index is 12.0. The van der Waals surface area contributed by atoms with Crippen molar-refractivity contribution in [3.05, 3.63) is 29.3 Å². The van der Waals surface area contributed by atoms with E-state index in [0.717, 1.165) is 12.8 Å². The second-order valence-electron chi connectivity index (χ2n) is 4.45. The van der Waals surface area contributed by atoms with E-state index in [-0.39, 0.29) is 11.4 Å². The summed E-state index contributed by atoms with van der Waals surface area (Å²) in [4.78, 5) is 0.169. The van der Waals surface area contributed by atoms with Gasteiger partial charge in [0, 0.05) is 13.2 Å². The van der Waals surface area contributed by atoms with E-state index in [1.54, 1.807) is 6.92 Å². The first kappa shape index (κ1) is 16.6. The standard InChI is InChI=1S/C14H20N2O3S/c1-3-4-8-19-9-7-16-20(17,18)14-6-5-13(11-15)12(2)10-14/h5-6,10,16H,3-4,7-9H2,1-2H3. The van der Waals surface area contributed by atoms with Crippen LogP contribution in [0.1, 0.15) is 30.9 Å². The highest BCUT2D eigenvalue weighted by atomic mass is 32.2. The van der Waals surface area contributed by atoms with E-state index < -0.39 is 10.0 Å². The van der Waals surface area contributed by atoms with Crippen molar-refractivity contribution in [1.29, 1.82) is 5.26 Å². The average Bonchev–Trinajstić information content (AvgIpc) is 2.42. The molecule has 0 aliphatic carbocycles. The molecule has 0 fully saturated rings. The van der Waals surface area contributed by atoms with E-state index in [1.165, 1.54) is 18.2 Å². The summed E-state index contributed by atoms with van der Waals surface area (Å²) in [7, 11) is -3.54. The summed E-state index contributed by atoms with van der Waals surface area (Å²) in [5.74, 6) is 0. The molecule has 0 unspecified atom stereocenters. The molecule has 0 aromatic heterocycles. The number of rotatable bonds is 8. The minimum Gasteiger partial charge on any atom is -0.380 e. The number of nitriles is 1. The topological polar surface area (TPSA) is 79.2 Å². The Hall–Kier alpha value is -1.42. The molecule has 0 spiro atoms. The van der Waals surface area contributed by atoms with Crippen LogP contribution >= 0.6 is 0 Å². The van der Waals surface area contributed by atoms with Crippen molar-refractivity contribution >= 4 is 10.0 Å². The van der Waals surface area contributed by atoms with Gasteiger partial charge in [-0.1, -0.05) is 13.3 Å². The van der Waals surface area contributed by atoms with Crippen LogP contribution in [0, 0.1) is 18.3 Å². The molecule has 1 rings (SSSR count). The van der Waals surface area contributed by atoms with Gasteiger partial charge in [-0.2, -0.15) is 5.26 Å². The summed E-state index contributed by atoms with van der Waals surface area (Å²) in [6.45, 7) is 5.03. The first-order valence-electron chi connectivity index (χ1n) is 6.59. The Morgan fingerprint density at radius 3 is 2.70 bits per heavy atom. The normalized spacial score (nSPS) is 11.2. The molecule has 1 aromatic carbocycles. The van der Waals surface area contributed by atoms with Crippen LogP contribution in [0.4, 0.5) is 0 Å². The fraction of sp³-hybridized carbons (Fsp3) is 0.500. The molecule has 20 heavy (non-hydrogen) atoms. The Morgan fingerprint density at radius 1 is 1.35 bits per heavy atom. The molecule has 0 amide bonds. The Bertz CT molecular complexity index is 577. The van der Waals surface area contributed by atoms with E-state index in [2.05, 4.69) is 11.6 Å². The van der Waals surface area contributed by atoms with Crippen molar-refractivity contribution in [3.8, 4) is 6.07 Å². The van der Waals surface area contributed by atoms with Gasteiger partial charge in [0.2, 0.25) is 10.0 Å². The lowest BCUT2D eigenvalue weighted by Crippen LogP contribution is -2.27. The van der Waals surface area contributed by atoms with Gasteiger partial charge in [0.1, 0.15) is 0 Å². The predicted molar refractivity (Wildman–Crippen MR) is 76.8 cm³/mol. The highest BCUT2D eigenvalue weighted by Gasteiger charge is 2.14. The van der Waals surface area contributed by atoms with E-state index in [9.17, 15) is 8.42 Å². The van der Waals surface area contributed by atoms with Crippen LogP contribution in [0.3, 0.4) is 0 Å². The molecule has 1 N–H and O–H groups in total. The summed E-state index contributed by atoms with van der Waals surface area (Å²) < 4.78 is 31.8. The maximum atomic E-state index is 12.0. The summed E-state index contributed by atoms with van der Waals surface area (Å²) in [6, 6.07) is 6.46. The minimum absolute atomic E-state index is 0.169. The lowest BCUT2D eigenvalue weighted by Gasteiger charge is -2.08. The first-order chi connectivity index (χ1) is 9.51. The van der Waals surface area contributed by atoms with E-state index in [4.69, 9.17) is 10.00 Å². The Morgan fingerprint density at radius 2 is 2.10 bits per heavy atom. The molecular weight excluding hydrogens is 276 g/mol. The van der Waals surface area contributed by atoms with Gasteiger partial charge in [0.05, 0.1) is 23.1 Å². The molecule has 1 aromatic rings. The number of ether oxygens (including phenoxy) is 1. The largest absolute Gasteiger partial charge is 0.380 e. The molecular formula is C14H20N2O3S. The zero-order chi connectivity index (χ0) is 15.0. The van der Waals surface area contributed by atoms with Gasteiger partial charge in [0.25, 0.3) is 0 Å². The first-order valence-corrected chi connectivity index (χ1v) is 8.07. The molecule has 0 aliphatic heterocycles. The summed E-state index contributed by atoms with van der Waals surface area (Å²) in [5, 5.41) is 8.82. The van der Waals surface area contributed by atoms with Gasteiger partial charge >= 0.3 is 0 Å². The number of unbranched alkanes of at least 4 members (excludes halogenated alkanes) is 1. The van der Waals surface area contributed by atoms with Crippen LogP contribution in [-0.4, -0.2) is 28.2 Å². The van der Waals surface area contributed by atoms with E-state index in [0.29, 0.717) is 24.3 Å². The van der Waals surface area contributed by atoms with Crippen LogP contribution in [0.25, 0.3) is 0 Å². The molecule has 6 heteroatoms. The van der Waals surface area contributed by atoms with Gasteiger partial charge in [-0.15, -0.1) is 0 Å². The Labute approximate surface area is 120 Å². The monoisotopic (exact) mass is 296 g/mol. The SMILES string of the molecule is CCCCOCCNS(=O)(=O)c1ccc(C#N)c(C)c1. The van der Waals surface area contributed by atoms with Crippen molar-refractivity contribution in [2.45, 2.75) is 31.6 Å². The van der Waals surface area contributed by atoms with Crippen molar-refractivity contribution in [3.63, 3.8) is 0 Å². The third-order valence-corrected chi connectivity index (χ3v) is 4.27. The molecule has 0 aliphatic rings. The third-order valence-electron chi connectivity index (χ3n) is 2.81. The molecule has 5 nitrogen and oxygen atoms in total. The third kappa shape index (κ3) is 4.93. The fourth-order valence-electron chi connectivity index (χ4n) is 1.61. The van der Waals surface area contributed by atoms with Crippen LogP contribution < -0.4 is 4.72 Å². The second-order valence-corrected chi connectivity index (χ2v) is 6.22. The van der Waals surface area contributed by atoms with Crippen LogP contribution in [0.5, 0.6) is 0 Å². The van der Waals surface area contributed by atoms with Gasteiger partial charge < -0.3 is 4.74 Å². The number of nitrogens with one attached hydrogen (secondary N) is 1. The lowest BCUT2D eigenvalue weighted by molar-refractivity contribution is 0.136. The average molecular weight is 296 g/mol. The molecule has 0 atom stereocenters. The maximum Gasteiger partial charge on any atom is 0.240 e. The van der Waals surface area contributed by atoms with Crippen LogP contribution in [0.15, 0.2) is 23.1 Å². The Balaban J connectivity index is 2.57. The van der Waals surface area contributed by atoms with Crippen LogP contribution in [0.2, 0.25) is 0 Å². The highest BCUT2D eigenvalue weighted by Crippen LogP contribution is 2.14. The quantitative estimate of drug-likeness (QED) is 0.744. The number of aryl methyl sites for hydroxylation is 1. The van der Waals surface area contributed by atoms with E-state index >= 15 is 0 Å². The van der Waals surface area contributed by atoms with E-state index in [1.807, 2.05) is 6.07 Å². The molecule has 110 valence electrons. The second kappa shape index (κ2) is 8.00. The van der Waals surface area contributed by atoms with Crippen molar-refractivity contribution in [1.82, 2.24) is 4.72 Å². The van der Waals surface area contributed by atoms with Gasteiger partial charge in [-0.05, 0) is 37.1 Å². The summed E-state index contributed by atoms with van der Waals surface area (Å²) in [5.41, 5.74) is 1.13. The summed E-state index contributed by atoms with van der Waals surface area (Å²) in [6.07, 6.45) is 2.03. The van der Waals surface area contributed by atoms with Crippen molar-refractivity contribution in [2.24, 2.45) is 0 Å². The molecule has 0 bridgehead atoms. The zero-order valence-corrected chi connectivity index (χ0v) is 12.7. The summed E-state index contributed by atoms with van der Waals surface area (Å²) >= 11 is 0. The zero-order valence-electron chi connectivity index (χ0n) is 11.8. The number of nitrogens with zero attached hydrogens (tertiary/aromatic N) is 1. The minimum atomic E-state index is -3.54. The van der Waals surface area contributed by atoms with Gasteiger partial charge in [0.15, 0.2) is 0 Å². The van der Waals surface area contributed by atoms with Gasteiger partial charge in [-0.3, -0.25) is 0 Å². The Kier molecular flexibility index (Phi) is 6.65. The lowest BCUT2D eigenvalue weighted by atomic mass is 10.1. The van der Waals surface area contributed by atoms with Gasteiger partial charge in [-0.25, -0.2) is 13.1 Å². The van der Waals surface area contributed by atoms with Crippen molar-refractivity contribution in [2.75, 3.05) is 19.8 Å². The molecule has 0 saturated carbocycles. The number of sulfonamides is 1. The molecule has 0 saturated heterocycles. The molecule has 0 heterocycles. The predicted octanol–water partition coefficient (Wildman–Crippen LogP) is 1.96. The smallest absolute Gasteiger partial charge is 0.240 e. The highest BCUT2D eigenvalue weighted by molar-refractivity contribution is 7.89. The van der Waals surface area contributed by atoms with Crippen LogP contribution in [-0.2, 0) is 14.8 Å². The van der Waals surface area contributed by atoms with Crippen molar-refractivity contribution < 1.29 is 13.2 Å². The number of hydrogen-bond acceptors (Lipinski definition) is 4. The molecule has 0 radical (unpaired) electrons. The fourth-order valence-corrected chi connectivity index (χ4v) is 2.71. The number of hydrogen-bond donors (Lipinski definition) is 1.